The number of hydrogen-bond donors (Lipinski definition) is 1. The van der Waals surface area contributed by atoms with E-state index in [1.165, 1.54) is 0 Å². The van der Waals surface area contributed by atoms with Crippen molar-refractivity contribution in [2.75, 3.05) is 6.54 Å². The van der Waals surface area contributed by atoms with E-state index in [4.69, 9.17) is 16.0 Å². The highest BCUT2D eigenvalue weighted by Gasteiger charge is 2.35. The second-order valence-electron chi connectivity index (χ2n) is 6.28. The Labute approximate surface area is 151 Å². The first-order chi connectivity index (χ1) is 12.1. The van der Waals surface area contributed by atoms with E-state index < -0.39 is 0 Å². The van der Waals surface area contributed by atoms with Gasteiger partial charge in [-0.15, -0.1) is 0 Å². The van der Waals surface area contributed by atoms with Crippen molar-refractivity contribution in [2.45, 2.75) is 32.4 Å². The summed E-state index contributed by atoms with van der Waals surface area (Å²) in [5.41, 5.74) is 0.972. The van der Waals surface area contributed by atoms with Gasteiger partial charge in [0, 0.05) is 18.0 Å². The molecule has 0 aliphatic carbocycles. The molecule has 1 aromatic carbocycles. The third-order valence-electron chi connectivity index (χ3n) is 4.49. The van der Waals surface area contributed by atoms with Crippen LogP contribution in [0.2, 0.25) is 5.02 Å². The quantitative estimate of drug-likeness (QED) is 0.856. The third kappa shape index (κ3) is 4.23. The first-order valence-electron chi connectivity index (χ1n) is 8.42. The zero-order valence-electron chi connectivity index (χ0n) is 14.1. The van der Waals surface area contributed by atoms with Crippen LogP contribution in [0.15, 0.2) is 47.1 Å². The standard InChI is InChI=1S/C19H21ClN2O3/c1-2-17(13-5-3-6-15(20)9-13)21-19(24)14-10-18(23)22(11-14)12-16-7-4-8-25-16/h3-9,14,17H,2,10-12H2,1H3,(H,21,24). The van der Waals surface area contributed by atoms with E-state index in [1.807, 2.05) is 37.3 Å². The summed E-state index contributed by atoms with van der Waals surface area (Å²) in [4.78, 5) is 26.5. The molecule has 1 saturated heterocycles. The zero-order chi connectivity index (χ0) is 17.8. The van der Waals surface area contributed by atoms with E-state index in [9.17, 15) is 9.59 Å². The lowest BCUT2D eigenvalue weighted by molar-refractivity contribution is -0.129. The van der Waals surface area contributed by atoms with Crippen LogP contribution in [0.4, 0.5) is 0 Å². The molecule has 2 heterocycles. The average Bonchev–Trinajstić information content (AvgIpc) is 3.23. The molecule has 2 aromatic rings. The predicted molar refractivity (Wildman–Crippen MR) is 94.9 cm³/mol. The fraction of sp³-hybridized carbons (Fsp3) is 0.368. The van der Waals surface area contributed by atoms with E-state index in [1.54, 1.807) is 17.2 Å². The minimum Gasteiger partial charge on any atom is -0.467 e. The van der Waals surface area contributed by atoms with Crippen molar-refractivity contribution in [2.24, 2.45) is 5.92 Å². The molecule has 5 nitrogen and oxygen atoms in total. The van der Waals surface area contributed by atoms with Crippen LogP contribution >= 0.6 is 11.6 Å². The SMILES string of the molecule is CCC(NC(=O)C1CC(=O)N(Cc2ccco2)C1)c1cccc(Cl)c1. The van der Waals surface area contributed by atoms with Gasteiger partial charge in [0.2, 0.25) is 11.8 Å². The minimum atomic E-state index is -0.337. The first-order valence-corrected chi connectivity index (χ1v) is 8.80. The molecule has 1 fully saturated rings. The second kappa shape index (κ2) is 7.74. The van der Waals surface area contributed by atoms with E-state index in [0.717, 1.165) is 17.7 Å². The maximum atomic E-state index is 12.6. The van der Waals surface area contributed by atoms with Crippen LogP contribution < -0.4 is 5.32 Å². The molecule has 6 heteroatoms. The summed E-state index contributed by atoms with van der Waals surface area (Å²) in [6, 6.07) is 11.0. The molecule has 25 heavy (non-hydrogen) atoms. The highest BCUT2D eigenvalue weighted by Crippen LogP contribution is 2.24. The third-order valence-corrected chi connectivity index (χ3v) is 4.72. The van der Waals surface area contributed by atoms with Gasteiger partial charge in [0.25, 0.3) is 0 Å². The van der Waals surface area contributed by atoms with Crippen molar-refractivity contribution in [3.63, 3.8) is 0 Å². The molecule has 2 amide bonds. The van der Waals surface area contributed by atoms with E-state index in [-0.39, 0.29) is 30.2 Å². The Morgan fingerprint density at radius 3 is 2.92 bits per heavy atom. The van der Waals surface area contributed by atoms with Crippen molar-refractivity contribution >= 4 is 23.4 Å². The topological polar surface area (TPSA) is 62.6 Å². The van der Waals surface area contributed by atoms with Crippen LogP contribution in [-0.2, 0) is 16.1 Å². The summed E-state index contributed by atoms with van der Waals surface area (Å²) in [5.74, 6) is 0.268. The molecule has 132 valence electrons. The van der Waals surface area contributed by atoms with Gasteiger partial charge < -0.3 is 14.6 Å². The summed E-state index contributed by atoms with van der Waals surface area (Å²) < 4.78 is 5.28. The van der Waals surface area contributed by atoms with Crippen molar-refractivity contribution in [3.8, 4) is 0 Å². The number of carbonyl (C=O) groups excluding carboxylic acids is 2. The molecular weight excluding hydrogens is 340 g/mol. The van der Waals surface area contributed by atoms with Crippen LogP contribution in [0.1, 0.15) is 37.1 Å². The van der Waals surface area contributed by atoms with Crippen molar-refractivity contribution in [1.82, 2.24) is 10.2 Å². The van der Waals surface area contributed by atoms with Crippen LogP contribution in [0, 0.1) is 5.92 Å². The van der Waals surface area contributed by atoms with E-state index in [2.05, 4.69) is 5.32 Å². The first kappa shape index (κ1) is 17.5. The Balaban J connectivity index is 1.62. The molecular formula is C19H21ClN2O3. The number of amides is 2. The molecule has 2 atom stereocenters. The maximum Gasteiger partial charge on any atom is 0.225 e. The molecule has 0 spiro atoms. The van der Waals surface area contributed by atoms with Crippen LogP contribution in [-0.4, -0.2) is 23.3 Å². The molecule has 1 N–H and O–H groups in total. The maximum absolute atomic E-state index is 12.6. The number of nitrogens with one attached hydrogen (secondary N) is 1. The molecule has 3 rings (SSSR count). The lowest BCUT2D eigenvalue weighted by Crippen LogP contribution is -2.35. The minimum absolute atomic E-state index is 0.0210. The van der Waals surface area contributed by atoms with Gasteiger partial charge in [-0.25, -0.2) is 0 Å². The monoisotopic (exact) mass is 360 g/mol. The fourth-order valence-electron chi connectivity index (χ4n) is 3.13. The number of benzene rings is 1. The lowest BCUT2D eigenvalue weighted by Gasteiger charge is -2.20. The van der Waals surface area contributed by atoms with Gasteiger partial charge in [-0.1, -0.05) is 30.7 Å². The average molecular weight is 361 g/mol. The zero-order valence-corrected chi connectivity index (χ0v) is 14.8. The summed E-state index contributed by atoms with van der Waals surface area (Å²) in [7, 11) is 0. The van der Waals surface area contributed by atoms with Gasteiger partial charge in [-0.3, -0.25) is 9.59 Å². The Kier molecular flexibility index (Phi) is 5.43. The normalized spacial score (nSPS) is 18.4. The molecule has 0 radical (unpaired) electrons. The Bertz CT molecular complexity index is 745. The van der Waals surface area contributed by atoms with Gasteiger partial charge in [-0.2, -0.15) is 0 Å². The van der Waals surface area contributed by atoms with E-state index in [0.29, 0.717) is 18.1 Å². The molecule has 1 aliphatic rings. The second-order valence-corrected chi connectivity index (χ2v) is 6.72. The van der Waals surface area contributed by atoms with Gasteiger partial charge in [-0.05, 0) is 36.2 Å². The summed E-state index contributed by atoms with van der Waals surface area (Å²) >= 11 is 6.04. The van der Waals surface area contributed by atoms with Gasteiger partial charge in [0.05, 0.1) is 24.8 Å². The summed E-state index contributed by atoms with van der Waals surface area (Å²) in [6.45, 7) is 2.83. The highest BCUT2D eigenvalue weighted by molar-refractivity contribution is 6.30. The molecule has 0 saturated carbocycles. The highest BCUT2D eigenvalue weighted by atomic mass is 35.5. The van der Waals surface area contributed by atoms with Gasteiger partial charge in [0.15, 0.2) is 0 Å². The number of carbonyl (C=O) groups is 2. The number of rotatable bonds is 6. The lowest BCUT2D eigenvalue weighted by atomic mass is 10.0. The molecule has 0 bridgehead atoms. The predicted octanol–water partition coefficient (Wildman–Crippen LogP) is 3.55. The molecule has 2 unspecified atom stereocenters. The number of likely N-dealkylation sites (tertiary alicyclic amines) is 1. The molecule has 1 aromatic heterocycles. The fourth-order valence-corrected chi connectivity index (χ4v) is 3.32. The van der Waals surface area contributed by atoms with Crippen molar-refractivity contribution in [3.05, 3.63) is 59.0 Å². The van der Waals surface area contributed by atoms with Gasteiger partial charge in [0.1, 0.15) is 5.76 Å². The van der Waals surface area contributed by atoms with Crippen LogP contribution in [0.3, 0.4) is 0 Å². The Morgan fingerprint density at radius 2 is 2.24 bits per heavy atom. The number of nitrogens with zero attached hydrogens (tertiary/aromatic N) is 1. The van der Waals surface area contributed by atoms with Crippen LogP contribution in [0.5, 0.6) is 0 Å². The Hall–Kier alpha value is -2.27. The van der Waals surface area contributed by atoms with E-state index >= 15 is 0 Å². The summed E-state index contributed by atoms with van der Waals surface area (Å²) in [5, 5.41) is 3.70. The molecule has 1 aliphatic heterocycles. The number of halogens is 1. The van der Waals surface area contributed by atoms with Crippen molar-refractivity contribution < 1.29 is 14.0 Å². The van der Waals surface area contributed by atoms with Gasteiger partial charge >= 0.3 is 0 Å². The largest absolute Gasteiger partial charge is 0.467 e. The smallest absolute Gasteiger partial charge is 0.225 e. The number of hydrogen-bond acceptors (Lipinski definition) is 3. The van der Waals surface area contributed by atoms with Crippen molar-refractivity contribution in [1.29, 1.82) is 0 Å². The summed E-state index contributed by atoms with van der Waals surface area (Å²) in [6.07, 6.45) is 2.57. The Morgan fingerprint density at radius 1 is 1.40 bits per heavy atom. The number of furan rings is 1. The van der Waals surface area contributed by atoms with Crippen LogP contribution in [0.25, 0.3) is 0 Å².